The number of amides is 2. The Morgan fingerprint density at radius 3 is 2.59 bits per heavy atom. The summed E-state index contributed by atoms with van der Waals surface area (Å²) in [5.74, 6) is -0.483. The lowest BCUT2D eigenvalue weighted by molar-refractivity contribution is -0.119. The van der Waals surface area contributed by atoms with Gasteiger partial charge in [0.05, 0.1) is 24.8 Å². The highest BCUT2D eigenvalue weighted by Gasteiger charge is 2.17. The van der Waals surface area contributed by atoms with Gasteiger partial charge in [0.1, 0.15) is 0 Å². The Kier molecular flexibility index (Phi) is 4.70. The van der Waals surface area contributed by atoms with E-state index in [9.17, 15) is 9.59 Å². The van der Waals surface area contributed by atoms with Crippen LogP contribution in [-0.2, 0) is 15.0 Å². The summed E-state index contributed by atoms with van der Waals surface area (Å²) < 4.78 is 0. The van der Waals surface area contributed by atoms with Crippen molar-refractivity contribution in [1.29, 1.82) is 0 Å². The zero-order valence-corrected chi connectivity index (χ0v) is 13.0. The number of hydrazone groups is 2. The number of rotatable bonds is 4. The Labute approximate surface area is 129 Å². The molecule has 2 rings (SSSR count). The van der Waals surface area contributed by atoms with Crippen LogP contribution >= 0.6 is 0 Å². The van der Waals surface area contributed by atoms with E-state index in [-0.39, 0.29) is 30.1 Å². The maximum Gasteiger partial charge on any atom is 0.245 e. The van der Waals surface area contributed by atoms with E-state index >= 15 is 0 Å². The number of nitrogens with zero attached hydrogens (tertiary/aromatic N) is 2. The fraction of sp³-hybridized carbons (Fsp3) is 0.375. The van der Waals surface area contributed by atoms with Gasteiger partial charge in [0, 0.05) is 0 Å². The van der Waals surface area contributed by atoms with Gasteiger partial charge in [0.2, 0.25) is 11.8 Å². The van der Waals surface area contributed by atoms with E-state index in [0.717, 1.165) is 5.56 Å². The van der Waals surface area contributed by atoms with Crippen molar-refractivity contribution in [1.82, 2.24) is 10.9 Å². The van der Waals surface area contributed by atoms with Crippen LogP contribution in [0.5, 0.6) is 0 Å². The minimum Gasteiger partial charge on any atom is -0.273 e. The fourth-order valence-corrected chi connectivity index (χ4v) is 1.98. The number of hydrogen-bond donors (Lipinski definition) is 2. The molecule has 22 heavy (non-hydrogen) atoms. The van der Waals surface area contributed by atoms with Gasteiger partial charge in [0.25, 0.3) is 0 Å². The molecule has 1 aromatic rings. The summed E-state index contributed by atoms with van der Waals surface area (Å²) in [6.45, 7) is 6.46. The molecular formula is C16H20N4O2. The summed E-state index contributed by atoms with van der Waals surface area (Å²) in [5, 5.41) is 7.67. The molecule has 0 atom stereocenters. The van der Waals surface area contributed by atoms with E-state index in [4.69, 9.17) is 0 Å². The third-order valence-corrected chi connectivity index (χ3v) is 3.25. The number of hydrogen-bond acceptors (Lipinski definition) is 4. The Morgan fingerprint density at radius 2 is 2.05 bits per heavy atom. The molecule has 1 aromatic carbocycles. The van der Waals surface area contributed by atoms with Crippen molar-refractivity contribution in [2.45, 2.75) is 39.0 Å². The highest BCUT2D eigenvalue weighted by Crippen LogP contribution is 2.21. The Balaban J connectivity index is 1.84. The first kappa shape index (κ1) is 15.9. The van der Waals surface area contributed by atoms with Gasteiger partial charge in [-0.05, 0) is 16.5 Å². The predicted molar refractivity (Wildman–Crippen MR) is 85.7 cm³/mol. The average Bonchev–Trinajstić information content (AvgIpc) is 2.83. The molecule has 116 valence electrons. The van der Waals surface area contributed by atoms with Gasteiger partial charge in [-0.2, -0.15) is 10.2 Å². The van der Waals surface area contributed by atoms with Gasteiger partial charge < -0.3 is 0 Å². The summed E-state index contributed by atoms with van der Waals surface area (Å²) in [7, 11) is 0. The summed E-state index contributed by atoms with van der Waals surface area (Å²) in [4.78, 5) is 22.6. The third-order valence-electron chi connectivity index (χ3n) is 3.25. The molecule has 0 unspecified atom stereocenters. The maximum atomic E-state index is 11.6. The molecule has 0 saturated carbocycles. The fourth-order valence-electron chi connectivity index (χ4n) is 1.98. The van der Waals surface area contributed by atoms with Gasteiger partial charge in [-0.25, -0.2) is 10.9 Å². The van der Waals surface area contributed by atoms with Gasteiger partial charge in [-0.1, -0.05) is 45.0 Å². The van der Waals surface area contributed by atoms with Crippen molar-refractivity contribution < 1.29 is 9.59 Å². The molecule has 0 spiro atoms. The average molecular weight is 300 g/mol. The topological polar surface area (TPSA) is 82.9 Å². The SMILES string of the molecule is CC(C)(C)c1ccc(/C=N\NC(=O)CC2=NNC(=O)C2)cc1. The Morgan fingerprint density at radius 1 is 1.36 bits per heavy atom. The molecule has 1 aliphatic heterocycles. The van der Waals surface area contributed by atoms with E-state index in [2.05, 4.69) is 41.8 Å². The molecule has 0 saturated heterocycles. The highest BCUT2D eigenvalue weighted by atomic mass is 16.2. The van der Waals surface area contributed by atoms with E-state index in [1.807, 2.05) is 24.3 Å². The molecule has 6 heteroatoms. The number of carbonyl (C=O) groups is 2. The van der Waals surface area contributed by atoms with E-state index in [0.29, 0.717) is 5.71 Å². The lowest BCUT2D eigenvalue weighted by Gasteiger charge is -2.18. The van der Waals surface area contributed by atoms with Crippen LogP contribution in [0, 0.1) is 0 Å². The first-order valence-corrected chi connectivity index (χ1v) is 7.11. The summed E-state index contributed by atoms with van der Waals surface area (Å²) in [6, 6.07) is 8.02. The number of carbonyl (C=O) groups excluding carboxylic acids is 2. The van der Waals surface area contributed by atoms with Gasteiger partial charge in [0.15, 0.2) is 0 Å². The van der Waals surface area contributed by atoms with Gasteiger partial charge >= 0.3 is 0 Å². The molecule has 0 fully saturated rings. The van der Waals surface area contributed by atoms with E-state index < -0.39 is 0 Å². The van der Waals surface area contributed by atoms with Gasteiger partial charge in [-0.15, -0.1) is 0 Å². The second kappa shape index (κ2) is 6.51. The number of nitrogens with one attached hydrogen (secondary N) is 2. The highest BCUT2D eigenvalue weighted by molar-refractivity contribution is 6.11. The lowest BCUT2D eigenvalue weighted by atomic mass is 9.87. The minimum atomic E-state index is -0.294. The molecule has 1 aliphatic rings. The Bertz CT molecular complexity index is 625. The maximum absolute atomic E-state index is 11.6. The standard InChI is InChI=1S/C16H20N4O2/c1-16(2,3)12-6-4-11(5-7-12)10-17-19-14(21)8-13-9-15(22)20-18-13/h4-7,10H,8-9H2,1-3H3,(H,19,21)(H,20,22)/b17-10-. The van der Waals surface area contributed by atoms with Crippen LogP contribution in [0.4, 0.5) is 0 Å². The molecule has 1 heterocycles. The molecule has 2 amide bonds. The molecule has 6 nitrogen and oxygen atoms in total. The molecule has 0 radical (unpaired) electrons. The zero-order chi connectivity index (χ0) is 16.2. The van der Waals surface area contributed by atoms with Crippen molar-refractivity contribution in [3.63, 3.8) is 0 Å². The van der Waals surface area contributed by atoms with Crippen molar-refractivity contribution in [3.8, 4) is 0 Å². The zero-order valence-electron chi connectivity index (χ0n) is 13.0. The van der Waals surface area contributed by atoms with Crippen LogP contribution in [0.15, 0.2) is 34.5 Å². The van der Waals surface area contributed by atoms with Crippen LogP contribution in [0.25, 0.3) is 0 Å². The molecule has 0 aromatic heterocycles. The largest absolute Gasteiger partial charge is 0.273 e. The first-order chi connectivity index (χ1) is 10.3. The van der Waals surface area contributed by atoms with Crippen molar-refractivity contribution in [2.24, 2.45) is 10.2 Å². The monoisotopic (exact) mass is 300 g/mol. The molecular weight excluding hydrogens is 280 g/mol. The van der Waals surface area contributed by atoms with E-state index in [1.54, 1.807) is 6.21 Å². The van der Waals surface area contributed by atoms with Crippen LogP contribution in [0.3, 0.4) is 0 Å². The van der Waals surface area contributed by atoms with Crippen LogP contribution in [-0.4, -0.2) is 23.7 Å². The quantitative estimate of drug-likeness (QED) is 0.655. The smallest absolute Gasteiger partial charge is 0.245 e. The predicted octanol–water partition coefficient (Wildman–Crippen LogP) is 1.70. The molecule has 2 N–H and O–H groups in total. The third kappa shape index (κ3) is 4.51. The second-order valence-electron chi connectivity index (χ2n) is 6.23. The normalized spacial score (nSPS) is 14.9. The summed E-state index contributed by atoms with van der Waals surface area (Å²) in [6.07, 6.45) is 1.83. The van der Waals surface area contributed by atoms with Crippen molar-refractivity contribution in [3.05, 3.63) is 35.4 Å². The van der Waals surface area contributed by atoms with Gasteiger partial charge in [-0.3, -0.25) is 9.59 Å². The molecule has 0 aliphatic carbocycles. The van der Waals surface area contributed by atoms with E-state index in [1.165, 1.54) is 5.56 Å². The second-order valence-corrected chi connectivity index (χ2v) is 6.23. The minimum absolute atomic E-state index is 0.0685. The molecule has 0 bridgehead atoms. The lowest BCUT2D eigenvalue weighted by Crippen LogP contribution is -2.20. The van der Waals surface area contributed by atoms with Crippen LogP contribution in [0.1, 0.15) is 44.7 Å². The first-order valence-electron chi connectivity index (χ1n) is 7.11. The number of benzene rings is 1. The van der Waals surface area contributed by atoms with Crippen LogP contribution < -0.4 is 10.9 Å². The Hall–Kier alpha value is -2.50. The van der Waals surface area contributed by atoms with Crippen LogP contribution in [0.2, 0.25) is 0 Å². The summed E-state index contributed by atoms with van der Waals surface area (Å²) in [5.41, 5.74) is 7.51. The van der Waals surface area contributed by atoms with Crippen molar-refractivity contribution in [2.75, 3.05) is 0 Å². The summed E-state index contributed by atoms with van der Waals surface area (Å²) >= 11 is 0. The van der Waals surface area contributed by atoms with Crippen molar-refractivity contribution >= 4 is 23.7 Å².